The Bertz CT molecular complexity index is 1920. The SMILES string of the molecule is C[C@@H]1CC(CCOC2CCC(N3C(=S)N(c4cnc(C#N)c(C(F)(F)F)c4)C(=O)C3(C)C)CC2)C[C@H](C)N1CC(=O)Nc1cccc(NC2CCC(=O)NC2=O)c1. The van der Waals surface area contributed by atoms with E-state index in [9.17, 15) is 32.3 Å². The number of aromatic nitrogens is 1. The Labute approximate surface area is 335 Å². The number of piperidine rings is 2. The molecule has 6 rings (SSSR count). The first-order chi connectivity index (χ1) is 27.0. The Balaban J connectivity index is 0.943. The van der Waals surface area contributed by atoms with Crippen LogP contribution in [0, 0.1) is 17.2 Å². The molecule has 4 atom stereocenters. The fraction of sp³-hybridized carbons (Fsp3) is 0.575. The van der Waals surface area contributed by atoms with Crippen LogP contribution in [-0.4, -0.2) is 92.5 Å². The summed E-state index contributed by atoms with van der Waals surface area (Å²) in [5.74, 6) is -0.773. The Hall–Kier alpha value is -4.66. The Morgan fingerprint density at radius 3 is 2.40 bits per heavy atom. The summed E-state index contributed by atoms with van der Waals surface area (Å²) in [6.45, 7) is 8.58. The van der Waals surface area contributed by atoms with Crippen molar-refractivity contribution < 1.29 is 37.1 Å². The zero-order chi connectivity index (χ0) is 41.2. The van der Waals surface area contributed by atoms with Crippen LogP contribution in [0.15, 0.2) is 36.5 Å². The lowest BCUT2D eigenvalue weighted by atomic mass is 9.85. The second-order valence-electron chi connectivity index (χ2n) is 16.1. The van der Waals surface area contributed by atoms with Gasteiger partial charge in [0, 0.05) is 42.5 Å². The summed E-state index contributed by atoms with van der Waals surface area (Å²) in [5.41, 5.74) is -1.90. The van der Waals surface area contributed by atoms with Crippen LogP contribution >= 0.6 is 12.2 Å². The second-order valence-corrected chi connectivity index (χ2v) is 16.5. The molecule has 3 N–H and O–H groups in total. The minimum absolute atomic E-state index is 0.0424. The number of hydrogen-bond acceptors (Lipinski definition) is 10. The Morgan fingerprint density at radius 1 is 1.07 bits per heavy atom. The summed E-state index contributed by atoms with van der Waals surface area (Å²) in [6.07, 6.45) is 2.64. The van der Waals surface area contributed by atoms with E-state index in [4.69, 9.17) is 22.2 Å². The number of halogens is 3. The maximum Gasteiger partial charge on any atom is 0.419 e. The Morgan fingerprint density at radius 2 is 1.75 bits per heavy atom. The molecule has 57 heavy (non-hydrogen) atoms. The third-order valence-electron chi connectivity index (χ3n) is 11.7. The molecule has 0 spiro atoms. The molecule has 1 aliphatic carbocycles. The van der Waals surface area contributed by atoms with Gasteiger partial charge in [0.1, 0.15) is 17.6 Å². The number of alkyl halides is 3. The normalized spacial score (nSPS) is 26.9. The van der Waals surface area contributed by atoms with Crippen molar-refractivity contribution in [2.45, 2.75) is 127 Å². The molecule has 4 heterocycles. The van der Waals surface area contributed by atoms with E-state index in [0.29, 0.717) is 43.2 Å². The summed E-state index contributed by atoms with van der Waals surface area (Å²) in [4.78, 5) is 59.2. The van der Waals surface area contributed by atoms with Gasteiger partial charge in [0.05, 0.1) is 30.1 Å². The van der Waals surface area contributed by atoms with Crippen molar-refractivity contribution in [1.82, 2.24) is 20.1 Å². The van der Waals surface area contributed by atoms with Crippen molar-refractivity contribution in [2.75, 3.05) is 28.7 Å². The van der Waals surface area contributed by atoms with Crippen LogP contribution < -0.4 is 20.9 Å². The van der Waals surface area contributed by atoms with Gasteiger partial charge >= 0.3 is 6.18 Å². The summed E-state index contributed by atoms with van der Waals surface area (Å²) >= 11 is 5.71. The highest BCUT2D eigenvalue weighted by Crippen LogP contribution is 2.40. The van der Waals surface area contributed by atoms with Crippen molar-refractivity contribution in [2.24, 2.45) is 5.92 Å². The highest BCUT2D eigenvalue weighted by Gasteiger charge is 2.53. The average Bonchev–Trinajstić information content (AvgIpc) is 3.32. The highest BCUT2D eigenvalue weighted by atomic mass is 32.1. The molecule has 2 aromatic rings. The molecule has 17 heteroatoms. The molecule has 0 bridgehead atoms. The van der Waals surface area contributed by atoms with Crippen molar-refractivity contribution in [3.05, 3.63) is 47.8 Å². The number of ether oxygens (including phenoxy) is 1. The molecule has 1 aromatic carbocycles. The van der Waals surface area contributed by atoms with E-state index in [0.717, 1.165) is 49.3 Å². The van der Waals surface area contributed by atoms with E-state index in [-0.39, 0.29) is 65.7 Å². The number of rotatable bonds is 11. The second kappa shape index (κ2) is 17.1. The maximum atomic E-state index is 13.7. The lowest BCUT2D eigenvalue weighted by Crippen LogP contribution is -2.51. The van der Waals surface area contributed by atoms with Gasteiger partial charge in [-0.15, -0.1) is 0 Å². The minimum Gasteiger partial charge on any atom is -0.378 e. The maximum absolute atomic E-state index is 13.7. The van der Waals surface area contributed by atoms with Crippen LogP contribution in [0.3, 0.4) is 0 Å². The molecule has 1 aromatic heterocycles. The number of nitriles is 1. The summed E-state index contributed by atoms with van der Waals surface area (Å²) in [7, 11) is 0. The minimum atomic E-state index is -4.82. The number of benzene rings is 1. The average molecular weight is 811 g/mol. The summed E-state index contributed by atoms with van der Waals surface area (Å²) < 4.78 is 47.4. The molecule has 4 aliphatic rings. The molecular weight excluding hydrogens is 762 g/mol. The molecule has 4 fully saturated rings. The molecule has 0 radical (unpaired) electrons. The topological polar surface area (TPSA) is 160 Å². The van der Waals surface area contributed by atoms with E-state index in [1.165, 1.54) is 6.07 Å². The van der Waals surface area contributed by atoms with Gasteiger partial charge in [-0.1, -0.05) is 6.07 Å². The van der Waals surface area contributed by atoms with E-state index in [2.05, 4.69) is 39.7 Å². The van der Waals surface area contributed by atoms with Gasteiger partial charge < -0.3 is 20.3 Å². The van der Waals surface area contributed by atoms with Crippen LogP contribution in [0.25, 0.3) is 0 Å². The lowest BCUT2D eigenvalue weighted by molar-refractivity contribution is -0.138. The van der Waals surface area contributed by atoms with E-state index in [1.807, 2.05) is 11.0 Å². The lowest BCUT2D eigenvalue weighted by Gasteiger charge is -2.42. The third kappa shape index (κ3) is 9.39. The van der Waals surface area contributed by atoms with Crippen LogP contribution in [0.2, 0.25) is 0 Å². The van der Waals surface area contributed by atoms with E-state index < -0.39 is 34.9 Å². The van der Waals surface area contributed by atoms with Gasteiger partial charge in [-0.2, -0.15) is 18.4 Å². The van der Waals surface area contributed by atoms with Gasteiger partial charge in [0.25, 0.3) is 5.91 Å². The number of thiocarbonyl (C=S) groups is 1. The zero-order valence-corrected chi connectivity index (χ0v) is 33.3. The smallest absolute Gasteiger partial charge is 0.378 e. The number of pyridine rings is 1. The number of nitrogens with one attached hydrogen (secondary N) is 3. The third-order valence-corrected chi connectivity index (χ3v) is 12.1. The molecule has 13 nitrogen and oxygen atoms in total. The largest absolute Gasteiger partial charge is 0.419 e. The van der Waals surface area contributed by atoms with Crippen molar-refractivity contribution in [1.29, 1.82) is 5.26 Å². The fourth-order valence-corrected chi connectivity index (χ4v) is 9.37. The number of nitrogens with zero attached hydrogens (tertiary/aromatic N) is 5. The van der Waals surface area contributed by atoms with Crippen LogP contribution in [0.5, 0.6) is 0 Å². The first kappa shape index (κ1) is 42.0. The first-order valence-corrected chi connectivity index (χ1v) is 19.9. The first-order valence-electron chi connectivity index (χ1n) is 19.5. The number of imide groups is 1. The molecule has 4 amide bonds. The zero-order valence-electron chi connectivity index (χ0n) is 32.5. The fourth-order valence-electron chi connectivity index (χ4n) is 8.80. The predicted octanol–water partition coefficient (Wildman–Crippen LogP) is 5.75. The number of amides is 4. The van der Waals surface area contributed by atoms with Crippen molar-refractivity contribution in [3.63, 3.8) is 0 Å². The van der Waals surface area contributed by atoms with Crippen molar-refractivity contribution >= 4 is 58.0 Å². The number of hydrogen-bond donors (Lipinski definition) is 3. The predicted molar refractivity (Wildman–Crippen MR) is 210 cm³/mol. The summed E-state index contributed by atoms with van der Waals surface area (Å²) in [5, 5.41) is 17.7. The van der Waals surface area contributed by atoms with E-state index >= 15 is 0 Å². The van der Waals surface area contributed by atoms with E-state index in [1.54, 1.807) is 32.0 Å². The number of carbonyl (C=O) groups excluding carboxylic acids is 4. The van der Waals surface area contributed by atoms with Gasteiger partial charge in [0.2, 0.25) is 17.7 Å². The van der Waals surface area contributed by atoms with Crippen LogP contribution in [0.4, 0.5) is 30.2 Å². The standard InChI is InChI=1S/C40H49F3N8O5S/c1-23-16-25(17-24(2)49(23)22-35(53)47-27-7-5-6-26(18-27)46-32-12-13-34(52)48-36(32)54)14-15-56-30-10-8-28(9-11-30)51-38(57)50(37(55)39(51,3)4)29-19-31(40(41,42)43)33(20-44)45-21-29/h5-7,18-19,21,23-25,28,30,32,46H,8-17,22H2,1-4H3,(H,47,53)(H,48,52,54)/t23-,24+,25?,28?,30?,32?. The molecule has 3 saturated heterocycles. The van der Waals surface area contributed by atoms with Gasteiger partial charge in [-0.05, 0) is 121 Å². The van der Waals surface area contributed by atoms with Crippen molar-refractivity contribution in [3.8, 4) is 6.07 Å². The van der Waals surface area contributed by atoms with Gasteiger partial charge in [-0.25, -0.2) is 4.98 Å². The van der Waals surface area contributed by atoms with Crippen LogP contribution in [0.1, 0.15) is 96.7 Å². The molecule has 2 unspecified atom stereocenters. The molecule has 3 aliphatic heterocycles. The number of carbonyl (C=O) groups is 4. The van der Waals surface area contributed by atoms with Crippen LogP contribution in [-0.2, 0) is 30.1 Å². The molecule has 1 saturated carbocycles. The summed E-state index contributed by atoms with van der Waals surface area (Å²) in [6, 6.07) is 9.17. The number of anilines is 3. The van der Waals surface area contributed by atoms with Gasteiger partial charge in [0.15, 0.2) is 10.8 Å². The molecular formula is C40H49F3N8O5S. The quantitative estimate of drug-likeness (QED) is 0.188. The van der Waals surface area contributed by atoms with Gasteiger partial charge in [-0.3, -0.25) is 34.3 Å². The number of likely N-dealkylation sites (tertiary alicyclic amines) is 1. The molecule has 306 valence electrons. The Kier molecular flexibility index (Phi) is 12.6. The monoisotopic (exact) mass is 810 g/mol. The highest BCUT2D eigenvalue weighted by molar-refractivity contribution is 7.80.